The Balaban J connectivity index is 1.89. The molecule has 2 aromatic rings. The average Bonchev–Trinajstić information content (AvgIpc) is 2.59. The van der Waals surface area contributed by atoms with Gasteiger partial charge < -0.3 is 9.88 Å². The zero-order chi connectivity index (χ0) is 12.0. The van der Waals surface area contributed by atoms with Crippen LogP contribution in [0.2, 0.25) is 0 Å². The van der Waals surface area contributed by atoms with E-state index in [1.807, 2.05) is 0 Å². The van der Waals surface area contributed by atoms with Crippen molar-refractivity contribution in [3.8, 4) is 0 Å². The smallest absolute Gasteiger partial charge is 0.0457 e. The highest BCUT2D eigenvalue weighted by Gasteiger charge is 2.32. The van der Waals surface area contributed by atoms with E-state index < -0.39 is 0 Å². The summed E-state index contributed by atoms with van der Waals surface area (Å²) >= 11 is 0. The van der Waals surface area contributed by atoms with Gasteiger partial charge >= 0.3 is 0 Å². The van der Waals surface area contributed by atoms with Gasteiger partial charge in [0, 0.05) is 23.1 Å². The van der Waals surface area contributed by atoms with E-state index in [9.17, 15) is 0 Å². The van der Waals surface area contributed by atoms with E-state index in [1.165, 1.54) is 29.3 Å². The van der Waals surface area contributed by atoms with Crippen molar-refractivity contribution in [2.75, 3.05) is 14.1 Å². The Kier molecular flexibility index (Phi) is 2.48. The summed E-state index contributed by atoms with van der Waals surface area (Å²) in [6, 6.07) is 7.15. The van der Waals surface area contributed by atoms with E-state index in [0.29, 0.717) is 0 Å². The maximum absolute atomic E-state index is 4.02. The van der Waals surface area contributed by atoms with Crippen LogP contribution >= 0.6 is 0 Å². The Labute approximate surface area is 103 Å². The Bertz CT molecular complexity index is 533. The van der Waals surface area contributed by atoms with Gasteiger partial charge in [-0.1, -0.05) is 6.07 Å². The van der Waals surface area contributed by atoms with Crippen molar-refractivity contribution in [2.24, 2.45) is 0 Å². The van der Waals surface area contributed by atoms with Crippen molar-refractivity contribution in [1.29, 1.82) is 0 Å². The summed E-state index contributed by atoms with van der Waals surface area (Å²) in [5.74, 6) is 0.720. The fourth-order valence-electron chi connectivity index (χ4n) is 2.79. The normalized spacial score (nSPS) is 24.2. The molecule has 0 spiro atoms. The van der Waals surface area contributed by atoms with Gasteiger partial charge in [-0.3, -0.25) is 0 Å². The molecule has 1 N–H and O–H groups in total. The lowest BCUT2D eigenvalue weighted by Gasteiger charge is -2.39. The van der Waals surface area contributed by atoms with Gasteiger partial charge in [0.05, 0.1) is 0 Å². The number of nitrogens with one attached hydrogen (secondary N) is 1. The highest BCUT2D eigenvalue weighted by molar-refractivity contribution is 5.84. The Morgan fingerprint density at radius 1 is 1.29 bits per heavy atom. The maximum atomic E-state index is 4.02. The second-order valence-corrected chi connectivity index (χ2v) is 5.41. The largest absolute Gasteiger partial charge is 0.361 e. The number of aromatic nitrogens is 1. The van der Waals surface area contributed by atoms with E-state index in [2.05, 4.69) is 55.3 Å². The summed E-state index contributed by atoms with van der Waals surface area (Å²) in [4.78, 5) is 5.70. The number of aromatic amines is 1. The number of hydrogen-bond acceptors (Lipinski definition) is 1. The molecule has 1 aromatic heterocycles. The van der Waals surface area contributed by atoms with Crippen LogP contribution in [0.3, 0.4) is 0 Å². The lowest BCUT2D eigenvalue weighted by Crippen LogP contribution is -2.39. The molecule has 0 unspecified atom stereocenters. The first-order chi connectivity index (χ1) is 8.15. The van der Waals surface area contributed by atoms with Gasteiger partial charge in [0.1, 0.15) is 0 Å². The molecule has 1 aliphatic rings. The van der Waals surface area contributed by atoms with E-state index in [0.717, 1.165) is 17.5 Å². The van der Waals surface area contributed by atoms with Gasteiger partial charge in [0.2, 0.25) is 0 Å². The van der Waals surface area contributed by atoms with Gasteiger partial charge in [-0.15, -0.1) is 0 Å². The highest BCUT2D eigenvalue weighted by Crippen LogP contribution is 2.41. The van der Waals surface area contributed by atoms with E-state index in [1.54, 1.807) is 0 Å². The molecule has 89 valence electrons. The number of rotatable bonds is 2. The molecule has 0 saturated heterocycles. The van der Waals surface area contributed by atoms with Crippen LogP contribution in [0.1, 0.15) is 29.9 Å². The second kappa shape index (κ2) is 3.88. The standard InChI is InChI=1S/C15H19N2/c1-10-4-5-15-13(6-10)14(9-16-15)11-7-12(8-11)17(2)3/h4-6,9,11-12,16H,1,7-8H2,2-3H3/t11-,12-. The van der Waals surface area contributed by atoms with Crippen LogP contribution in [-0.2, 0) is 0 Å². The van der Waals surface area contributed by atoms with Gasteiger partial charge in [-0.25, -0.2) is 0 Å². The van der Waals surface area contributed by atoms with E-state index in [-0.39, 0.29) is 0 Å². The molecular weight excluding hydrogens is 208 g/mol. The first kappa shape index (κ1) is 10.8. The minimum atomic E-state index is 0.720. The molecule has 0 bridgehead atoms. The first-order valence-electron chi connectivity index (χ1n) is 6.24. The maximum Gasteiger partial charge on any atom is 0.0457 e. The van der Waals surface area contributed by atoms with Crippen LogP contribution in [0.15, 0.2) is 24.4 Å². The summed E-state index contributed by atoms with van der Waals surface area (Å²) in [7, 11) is 4.34. The molecule has 1 heterocycles. The van der Waals surface area contributed by atoms with Crippen molar-refractivity contribution in [3.63, 3.8) is 0 Å². The predicted octanol–water partition coefficient (Wildman–Crippen LogP) is 3.16. The Morgan fingerprint density at radius 2 is 2.06 bits per heavy atom. The molecule has 1 radical (unpaired) electrons. The molecule has 17 heavy (non-hydrogen) atoms. The SMILES string of the molecule is [CH2]c1ccc2[nH]cc([C@H]3C[C@H](N(C)C)C3)c2c1. The van der Waals surface area contributed by atoms with Crippen molar-refractivity contribution in [3.05, 3.63) is 42.4 Å². The zero-order valence-corrected chi connectivity index (χ0v) is 10.5. The van der Waals surface area contributed by atoms with Crippen LogP contribution in [-0.4, -0.2) is 30.0 Å². The van der Waals surface area contributed by atoms with Gasteiger partial charge in [-0.05, 0) is 63.0 Å². The molecule has 0 aliphatic heterocycles. The lowest BCUT2D eigenvalue weighted by molar-refractivity contribution is 0.167. The molecule has 2 heteroatoms. The number of H-pyrrole nitrogens is 1. The molecule has 1 fully saturated rings. The van der Waals surface area contributed by atoms with Crippen LogP contribution in [0.5, 0.6) is 0 Å². The monoisotopic (exact) mass is 227 g/mol. The van der Waals surface area contributed by atoms with Crippen molar-refractivity contribution >= 4 is 10.9 Å². The number of fused-ring (bicyclic) bond motifs is 1. The van der Waals surface area contributed by atoms with Crippen LogP contribution < -0.4 is 0 Å². The quantitative estimate of drug-likeness (QED) is 0.835. The molecule has 1 saturated carbocycles. The minimum Gasteiger partial charge on any atom is -0.361 e. The third kappa shape index (κ3) is 1.77. The lowest BCUT2D eigenvalue weighted by atomic mass is 9.75. The van der Waals surface area contributed by atoms with Gasteiger partial charge in [0.25, 0.3) is 0 Å². The number of hydrogen-bond donors (Lipinski definition) is 1. The molecule has 1 aliphatic carbocycles. The third-order valence-corrected chi connectivity index (χ3v) is 4.06. The summed E-state index contributed by atoms with van der Waals surface area (Å²) in [5, 5.41) is 1.36. The fraction of sp³-hybridized carbons (Fsp3) is 0.400. The topological polar surface area (TPSA) is 19.0 Å². The summed E-state index contributed by atoms with van der Waals surface area (Å²) in [6.45, 7) is 4.02. The minimum absolute atomic E-state index is 0.720. The molecule has 2 nitrogen and oxygen atoms in total. The first-order valence-corrected chi connectivity index (χ1v) is 6.24. The van der Waals surface area contributed by atoms with E-state index >= 15 is 0 Å². The fourth-order valence-corrected chi connectivity index (χ4v) is 2.79. The van der Waals surface area contributed by atoms with Crippen LogP contribution in [0, 0.1) is 6.92 Å². The summed E-state index contributed by atoms with van der Waals surface area (Å²) < 4.78 is 0. The Morgan fingerprint density at radius 3 is 2.76 bits per heavy atom. The summed E-state index contributed by atoms with van der Waals surface area (Å²) in [6.07, 6.45) is 4.74. The molecule has 3 rings (SSSR count). The Hall–Kier alpha value is -1.28. The molecule has 0 amide bonds. The van der Waals surface area contributed by atoms with E-state index in [4.69, 9.17) is 0 Å². The van der Waals surface area contributed by atoms with Gasteiger partial charge in [0.15, 0.2) is 0 Å². The highest BCUT2D eigenvalue weighted by atomic mass is 15.1. The summed E-state index contributed by atoms with van der Waals surface area (Å²) in [5.41, 5.74) is 3.81. The molecule has 1 aromatic carbocycles. The third-order valence-electron chi connectivity index (χ3n) is 4.06. The van der Waals surface area contributed by atoms with Crippen molar-refractivity contribution < 1.29 is 0 Å². The predicted molar refractivity (Wildman–Crippen MR) is 72.2 cm³/mol. The van der Waals surface area contributed by atoms with Crippen LogP contribution in [0.25, 0.3) is 10.9 Å². The molecular formula is C15H19N2. The average molecular weight is 227 g/mol. The zero-order valence-electron chi connectivity index (χ0n) is 10.5. The second-order valence-electron chi connectivity index (χ2n) is 5.41. The van der Waals surface area contributed by atoms with Crippen molar-refractivity contribution in [1.82, 2.24) is 9.88 Å². The number of benzene rings is 1. The van der Waals surface area contributed by atoms with Crippen LogP contribution in [0.4, 0.5) is 0 Å². The van der Waals surface area contributed by atoms with Gasteiger partial charge in [-0.2, -0.15) is 0 Å². The van der Waals surface area contributed by atoms with Crippen molar-refractivity contribution in [2.45, 2.75) is 24.8 Å². The number of nitrogens with zero attached hydrogens (tertiary/aromatic N) is 1. The molecule has 0 atom stereocenters.